The van der Waals surface area contributed by atoms with Crippen LogP contribution in [0.4, 0.5) is 4.39 Å². The summed E-state index contributed by atoms with van der Waals surface area (Å²) in [7, 11) is 0. The van der Waals surface area contributed by atoms with Gasteiger partial charge >= 0.3 is 0 Å². The Morgan fingerprint density at radius 2 is 1.65 bits per heavy atom. The molecule has 0 spiro atoms. The minimum Gasteiger partial charge on any atom is -0.353 e. The normalized spacial score (nSPS) is 25.9. The van der Waals surface area contributed by atoms with Gasteiger partial charge in [-0.2, -0.15) is 0 Å². The molecule has 0 aromatic rings. The SMILES string of the molecule is CC(C)CCCC(=O)NC1CCC(NC(=O)C2(CF)CC2)CC1. The van der Waals surface area contributed by atoms with Crippen LogP contribution in [0.2, 0.25) is 0 Å². The van der Waals surface area contributed by atoms with E-state index >= 15 is 0 Å². The van der Waals surface area contributed by atoms with Gasteiger partial charge in [-0.25, -0.2) is 4.39 Å². The van der Waals surface area contributed by atoms with Crippen molar-refractivity contribution < 1.29 is 14.0 Å². The number of rotatable bonds is 8. The lowest BCUT2D eigenvalue weighted by molar-refractivity contribution is -0.128. The number of carbonyl (C=O) groups excluding carboxylic acids is 2. The minimum atomic E-state index is -0.707. The fourth-order valence-electron chi connectivity index (χ4n) is 3.26. The summed E-state index contributed by atoms with van der Waals surface area (Å²) in [6.45, 7) is 3.80. The van der Waals surface area contributed by atoms with Crippen molar-refractivity contribution in [3.8, 4) is 0 Å². The molecule has 2 saturated carbocycles. The Morgan fingerprint density at radius 3 is 2.13 bits per heavy atom. The predicted octanol–water partition coefficient (Wildman–Crippen LogP) is 3.11. The second-order valence-corrected chi connectivity index (χ2v) is 7.79. The van der Waals surface area contributed by atoms with Gasteiger partial charge in [0, 0.05) is 18.5 Å². The van der Waals surface area contributed by atoms with Crippen LogP contribution in [0.1, 0.15) is 71.6 Å². The Hall–Kier alpha value is -1.13. The van der Waals surface area contributed by atoms with Crippen molar-refractivity contribution in [2.24, 2.45) is 11.3 Å². The summed E-state index contributed by atoms with van der Waals surface area (Å²) in [5, 5.41) is 6.11. The lowest BCUT2D eigenvalue weighted by Gasteiger charge is -2.30. The number of hydrogen-bond acceptors (Lipinski definition) is 2. The highest BCUT2D eigenvalue weighted by molar-refractivity contribution is 5.85. The smallest absolute Gasteiger partial charge is 0.229 e. The predicted molar refractivity (Wildman–Crippen MR) is 88.7 cm³/mol. The molecule has 0 aliphatic heterocycles. The van der Waals surface area contributed by atoms with Crippen LogP contribution in [0.3, 0.4) is 0 Å². The molecule has 0 radical (unpaired) electrons. The van der Waals surface area contributed by atoms with E-state index in [1.807, 2.05) is 0 Å². The molecule has 0 bridgehead atoms. The topological polar surface area (TPSA) is 58.2 Å². The molecule has 0 heterocycles. The maximum absolute atomic E-state index is 12.9. The van der Waals surface area contributed by atoms with Gasteiger partial charge in [0.15, 0.2) is 0 Å². The van der Waals surface area contributed by atoms with Crippen LogP contribution in [-0.4, -0.2) is 30.6 Å². The van der Waals surface area contributed by atoms with Crippen LogP contribution >= 0.6 is 0 Å². The van der Waals surface area contributed by atoms with Crippen LogP contribution < -0.4 is 10.6 Å². The highest BCUT2D eigenvalue weighted by Crippen LogP contribution is 2.46. The summed E-state index contributed by atoms with van der Waals surface area (Å²) in [5.41, 5.74) is -0.707. The summed E-state index contributed by atoms with van der Waals surface area (Å²) < 4.78 is 12.9. The van der Waals surface area contributed by atoms with Gasteiger partial charge in [0.05, 0.1) is 5.41 Å². The molecule has 0 aromatic heterocycles. The summed E-state index contributed by atoms with van der Waals surface area (Å²) in [6.07, 6.45) is 7.51. The molecule has 2 N–H and O–H groups in total. The first-order chi connectivity index (χ1) is 10.9. The van der Waals surface area contributed by atoms with E-state index in [0.29, 0.717) is 25.2 Å². The molecule has 2 aliphatic rings. The lowest BCUT2D eigenvalue weighted by atomic mass is 9.90. The standard InChI is InChI=1S/C18H31FN2O2/c1-13(2)4-3-5-16(22)20-14-6-8-15(9-7-14)21-17(23)18(12-19)10-11-18/h13-15H,3-12H2,1-2H3,(H,20,22)(H,21,23). The molecular formula is C18H31FN2O2. The zero-order valence-electron chi connectivity index (χ0n) is 14.5. The Bertz CT molecular complexity index is 413. The Kier molecular flexibility index (Phi) is 6.42. The number of amides is 2. The molecule has 0 saturated heterocycles. The first-order valence-corrected chi connectivity index (χ1v) is 9.11. The fraction of sp³-hybridized carbons (Fsp3) is 0.889. The number of nitrogens with one attached hydrogen (secondary N) is 2. The Morgan fingerprint density at radius 1 is 1.09 bits per heavy atom. The van der Waals surface area contributed by atoms with E-state index in [1.54, 1.807) is 0 Å². The molecule has 2 aliphatic carbocycles. The van der Waals surface area contributed by atoms with Crippen LogP contribution in [-0.2, 0) is 9.59 Å². The second-order valence-electron chi connectivity index (χ2n) is 7.79. The molecule has 2 rings (SSSR count). The van der Waals surface area contributed by atoms with E-state index in [0.717, 1.165) is 38.5 Å². The molecule has 23 heavy (non-hydrogen) atoms. The van der Waals surface area contributed by atoms with E-state index in [2.05, 4.69) is 24.5 Å². The molecule has 2 amide bonds. The average molecular weight is 326 g/mol. The van der Waals surface area contributed by atoms with Crippen molar-refractivity contribution in [1.82, 2.24) is 10.6 Å². The van der Waals surface area contributed by atoms with Gasteiger partial charge in [0.1, 0.15) is 6.67 Å². The van der Waals surface area contributed by atoms with Gasteiger partial charge in [0.2, 0.25) is 11.8 Å². The quantitative estimate of drug-likeness (QED) is 0.720. The van der Waals surface area contributed by atoms with E-state index < -0.39 is 12.1 Å². The summed E-state index contributed by atoms with van der Waals surface area (Å²) in [6, 6.07) is 0.367. The minimum absolute atomic E-state index is 0.110. The third kappa shape index (κ3) is 5.47. The van der Waals surface area contributed by atoms with Crippen molar-refractivity contribution in [2.45, 2.75) is 83.7 Å². The Balaban J connectivity index is 1.62. The Labute approximate surface area is 139 Å². The van der Waals surface area contributed by atoms with E-state index in [4.69, 9.17) is 0 Å². The molecular weight excluding hydrogens is 295 g/mol. The van der Waals surface area contributed by atoms with Crippen molar-refractivity contribution >= 4 is 11.8 Å². The average Bonchev–Trinajstić information content (AvgIpc) is 3.30. The van der Waals surface area contributed by atoms with Crippen LogP contribution in [0.15, 0.2) is 0 Å². The zero-order chi connectivity index (χ0) is 16.9. The van der Waals surface area contributed by atoms with Gasteiger partial charge < -0.3 is 10.6 Å². The maximum atomic E-state index is 12.9. The molecule has 132 valence electrons. The summed E-state index contributed by atoms with van der Waals surface area (Å²) in [4.78, 5) is 23.9. The van der Waals surface area contributed by atoms with Gasteiger partial charge in [-0.15, -0.1) is 0 Å². The first kappa shape index (κ1) is 18.2. The molecule has 0 unspecified atom stereocenters. The van der Waals surface area contributed by atoms with Gasteiger partial charge in [0.25, 0.3) is 0 Å². The molecule has 4 nitrogen and oxygen atoms in total. The molecule has 5 heteroatoms. The summed E-state index contributed by atoms with van der Waals surface area (Å²) in [5.74, 6) is 0.676. The van der Waals surface area contributed by atoms with Crippen molar-refractivity contribution in [3.63, 3.8) is 0 Å². The van der Waals surface area contributed by atoms with Gasteiger partial charge in [-0.05, 0) is 50.9 Å². The van der Waals surface area contributed by atoms with Crippen LogP contribution in [0.5, 0.6) is 0 Å². The lowest BCUT2D eigenvalue weighted by Crippen LogP contribution is -2.46. The zero-order valence-corrected chi connectivity index (χ0v) is 14.5. The third-order valence-corrected chi connectivity index (χ3v) is 5.20. The molecule has 0 aromatic carbocycles. The maximum Gasteiger partial charge on any atom is 0.229 e. The van der Waals surface area contributed by atoms with Gasteiger partial charge in [-0.3, -0.25) is 9.59 Å². The highest BCUT2D eigenvalue weighted by atomic mass is 19.1. The number of carbonyl (C=O) groups is 2. The second kappa shape index (κ2) is 8.11. The first-order valence-electron chi connectivity index (χ1n) is 9.11. The molecule has 0 atom stereocenters. The number of hydrogen-bond donors (Lipinski definition) is 2. The van der Waals surface area contributed by atoms with Crippen molar-refractivity contribution in [2.75, 3.05) is 6.67 Å². The van der Waals surface area contributed by atoms with Gasteiger partial charge in [-0.1, -0.05) is 20.3 Å². The monoisotopic (exact) mass is 326 g/mol. The number of alkyl halides is 1. The van der Waals surface area contributed by atoms with Crippen molar-refractivity contribution in [1.29, 1.82) is 0 Å². The van der Waals surface area contributed by atoms with Crippen LogP contribution in [0, 0.1) is 11.3 Å². The van der Waals surface area contributed by atoms with E-state index in [9.17, 15) is 14.0 Å². The summed E-state index contributed by atoms with van der Waals surface area (Å²) >= 11 is 0. The molecule has 2 fully saturated rings. The fourth-order valence-corrected chi connectivity index (χ4v) is 3.26. The number of halogens is 1. The largest absolute Gasteiger partial charge is 0.353 e. The van der Waals surface area contributed by atoms with Crippen molar-refractivity contribution in [3.05, 3.63) is 0 Å². The van der Waals surface area contributed by atoms with E-state index in [-0.39, 0.29) is 23.9 Å². The third-order valence-electron chi connectivity index (χ3n) is 5.20. The highest BCUT2D eigenvalue weighted by Gasteiger charge is 2.50. The van der Waals surface area contributed by atoms with E-state index in [1.165, 1.54) is 0 Å². The van der Waals surface area contributed by atoms with Crippen LogP contribution in [0.25, 0.3) is 0 Å².